The molecule has 1 aliphatic rings. The smallest absolute Gasteiger partial charge is 0.194 e. The number of rotatable bonds is 1. The van der Waals surface area contributed by atoms with E-state index in [1.54, 1.807) is 6.07 Å². The molecule has 12 heavy (non-hydrogen) atoms. The van der Waals surface area contributed by atoms with E-state index in [2.05, 4.69) is 15.2 Å². The lowest BCUT2D eigenvalue weighted by atomic mass is 10.4. The van der Waals surface area contributed by atoms with Crippen LogP contribution >= 0.6 is 35.2 Å². The highest BCUT2D eigenvalue weighted by Crippen LogP contribution is 2.23. The van der Waals surface area contributed by atoms with Crippen LogP contribution < -0.4 is 0 Å². The van der Waals surface area contributed by atoms with Crippen molar-refractivity contribution in [1.29, 1.82) is 0 Å². The summed E-state index contributed by atoms with van der Waals surface area (Å²) in [5, 5.41) is 7.68. The Kier molecular flexibility index (Phi) is 2.00. The summed E-state index contributed by atoms with van der Waals surface area (Å²) in [5.74, 6) is 0.553. The molecule has 0 radical (unpaired) electrons. The number of thiophene rings is 1. The van der Waals surface area contributed by atoms with E-state index >= 15 is 0 Å². The van der Waals surface area contributed by atoms with Gasteiger partial charge in [0.25, 0.3) is 0 Å². The maximum Gasteiger partial charge on any atom is 0.242 e. The van der Waals surface area contributed by atoms with Gasteiger partial charge in [0.1, 0.15) is 0 Å². The van der Waals surface area contributed by atoms with Crippen molar-refractivity contribution < 1.29 is 0 Å². The monoisotopic (exact) mass is 215 g/mol. The van der Waals surface area contributed by atoms with Crippen molar-refractivity contribution in [2.75, 3.05) is 0 Å². The van der Waals surface area contributed by atoms with Gasteiger partial charge in [0.2, 0.25) is 5.11 Å². The molecule has 0 amide bonds. The second-order valence-corrected chi connectivity index (χ2v) is 4.10. The first-order valence-corrected chi connectivity index (χ1v) is 4.66. The fraction of sp³-hybridized carbons (Fsp3) is 0. The number of aliphatic imine (C=N–C) groups is 1. The van der Waals surface area contributed by atoms with Crippen LogP contribution in [-0.4, -0.2) is 10.9 Å². The third-order valence-corrected chi connectivity index (χ3v) is 2.63. The number of nitrogens with zero attached hydrogens (tertiary/aromatic N) is 3. The van der Waals surface area contributed by atoms with Gasteiger partial charge in [-0.1, -0.05) is 11.6 Å². The number of hydrogen-bond acceptors (Lipinski definition) is 3. The van der Waals surface area contributed by atoms with E-state index in [1.165, 1.54) is 11.3 Å². The van der Waals surface area contributed by atoms with Crippen molar-refractivity contribution in [2.45, 2.75) is 0 Å². The highest BCUT2D eigenvalue weighted by atomic mass is 35.5. The van der Waals surface area contributed by atoms with Crippen molar-refractivity contribution in [3.05, 3.63) is 21.3 Å². The zero-order chi connectivity index (χ0) is 8.55. The van der Waals surface area contributed by atoms with E-state index in [0.717, 1.165) is 4.88 Å². The molecule has 3 nitrogen and oxygen atoms in total. The Hall–Kier alpha value is -0.650. The predicted octanol–water partition coefficient (Wildman–Crippen LogP) is 2.90. The molecule has 1 aliphatic heterocycles. The van der Waals surface area contributed by atoms with Gasteiger partial charge in [0.05, 0.1) is 9.21 Å². The maximum atomic E-state index is 5.73. The van der Waals surface area contributed by atoms with E-state index in [9.17, 15) is 0 Å². The van der Waals surface area contributed by atoms with Crippen molar-refractivity contribution in [3.8, 4) is 0 Å². The van der Waals surface area contributed by atoms with E-state index in [1.807, 2.05) is 6.07 Å². The Morgan fingerprint density at radius 2 is 2.17 bits per heavy atom. The van der Waals surface area contributed by atoms with Gasteiger partial charge in [-0.3, -0.25) is 0 Å². The third kappa shape index (κ3) is 1.43. The predicted molar refractivity (Wildman–Crippen MR) is 53.3 cm³/mol. The standard InChI is InChI=1S/C6H2ClN3S2/c7-4-2-1-3(12-4)5-8-6(11)10-9-5/h1-2H. The van der Waals surface area contributed by atoms with Gasteiger partial charge in [-0.25, -0.2) is 0 Å². The summed E-state index contributed by atoms with van der Waals surface area (Å²) >= 11 is 11.9. The molecule has 0 spiro atoms. The maximum absolute atomic E-state index is 5.73. The minimum Gasteiger partial charge on any atom is -0.194 e. The molecule has 0 fully saturated rings. The van der Waals surface area contributed by atoms with Crippen LogP contribution in [0.5, 0.6) is 0 Å². The summed E-state index contributed by atoms with van der Waals surface area (Å²) < 4.78 is 0.709. The Bertz CT molecular complexity index is 393. The minimum atomic E-state index is 0.273. The lowest BCUT2D eigenvalue weighted by Gasteiger charge is -1.84. The average molecular weight is 216 g/mol. The lowest BCUT2D eigenvalue weighted by Crippen LogP contribution is -1.88. The molecule has 1 aromatic rings. The van der Waals surface area contributed by atoms with Crippen molar-refractivity contribution in [2.24, 2.45) is 15.2 Å². The van der Waals surface area contributed by atoms with Gasteiger partial charge < -0.3 is 0 Å². The van der Waals surface area contributed by atoms with Gasteiger partial charge in [-0.15, -0.1) is 21.6 Å². The molecule has 0 saturated heterocycles. The average Bonchev–Trinajstić information content (AvgIpc) is 2.58. The molecule has 0 aromatic carbocycles. The molecule has 6 heteroatoms. The molecule has 0 unspecified atom stereocenters. The van der Waals surface area contributed by atoms with Crippen LogP contribution in [-0.2, 0) is 0 Å². The number of thiocarbonyl (C=S) groups is 1. The van der Waals surface area contributed by atoms with E-state index in [0.29, 0.717) is 10.2 Å². The molecule has 0 N–H and O–H groups in total. The third-order valence-electron chi connectivity index (χ3n) is 1.23. The molecule has 2 heterocycles. The second kappa shape index (κ2) is 3.01. The SMILES string of the molecule is S=C1N=NC(c2ccc(Cl)s2)=N1. The first-order chi connectivity index (χ1) is 5.75. The highest BCUT2D eigenvalue weighted by molar-refractivity contribution is 7.80. The lowest BCUT2D eigenvalue weighted by molar-refractivity contribution is 1.41. The normalized spacial score (nSPS) is 15.4. The molecular weight excluding hydrogens is 214 g/mol. The zero-order valence-electron chi connectivity index (χ0n) is 5.69. The molecule has 1 aromatic heterocycles. The number of hydrogen-bond donors (Lipinski definition) is 0. The van der Waals surface area contributed by atoms with Crippen molar-refractivity contribution in [1.82, 2.24) is 0 Å². The van der Waals surface area contributed by atoms with Crippen molar-refractivity contribution in [3.63, 3.8) is 0 Å². The Labute approximate surface area is 82.8 Å². The zero-order valence-corrected chi connectivity index (χ0v) is 8.08. The quantitative estimate of drug-likeness (QED) is 0.664. The summed E-state index contributed by atoms with van der Waals surface area (Å²) in [7, 11) is 0. The topological polar surface area (TPSA) is 37.1 Å². The summed E-state index contributed by atoms with van der Waals surface area (Å²) in [6.07, 6.45) is 0. The van der Waals surface area contributed by atoms with Gasteiger partial charge in [0, 0.05) is 0 Å². The number of halogens is 1. The molecule has 2 rings (SSSR count). The molecular formula is C6H2ClN3S2. The Morgan fingerprint density at radius 1 is 1.33 bits per heavy atom. The molecule has 0 atom stereocenters. The van der Waals surface area contributed by atoms with E-state index in [-0.39, 0.29) is 5.11 Å². The van der Waals surface area contributed by atoms with Crippen LogP contribution in [0.1, 0.15) is 4.88 Å². The highest BCUT2D eigenvalue weighted by Gasteiger charge is 2.11. The van der Waals surface area contributed by atoms with Crippen LogP contribution in [0.4, 0.5) is 0 Å². The number of azo groups is 1. The van der Waals surface area contributed by atoms with Gasteiger partial charge >= 0.3 is 0 Å². The molecule has 0 aliphatic carbocycles. The van der Waals surface area contributed by atoms with Gasteiger partial charge in [0.15, 0.2) is 5.84 Å². The van der Waals surface area contributed by atoms with Crippen LogP contribution in [0.2, 0.25) is 4.34 Å². The molecule has 0 saturated carbocycles. The largest absolute Gasteiger partial charge is 0.242 e. The minimum absolute atomic E-state index is 0.273. The summed E-state index contributed by atoms with van der Waals surface area (Å²) in [6, 6.07) is 3.64. The first kappa shape index (κ1) is 7.97. The molecule has 60 valence electrons. The summed E-state index contributed by atoms with van der Waals surface area (Å²) in [6.45, 7) is 0. The fourth-order valence-electron chi connectivity index (χ4n) is 0.764. The van der Waals surface area contributed by atoms with Crippen LogP contribution in [0.25, 0.3) is 0 Å². The van der Waals surface area contributed by atoms with Gasteiger partial charge in [-0.2, -0.15) is 4.99 Å². The van der Waals surface area contributed by atoms with E-state index in [4.69, 9.17) is 23.8 Å². The van der Waals surface area contributed by atoms with Crippen LogP contribution in [0, 0.1) is 0 Å². The van der Waals surface area contributed by atoms with Crippen LogP contribution in [0.15, 0.2) is 27.4 Å². The van der Waals surface area contributed by atoms with Crippen molar-refractivity contribution >= 4 is 46.1 Å². The first-order valence-electron chi connectivity index (χ1n) is 3.06. The van der Waals surface area contributed by atoms with Gasteiger partial charge in [-0.05, 0) is 24.4 Å². The van der Waals surface area contributed by atoms with Crippen LogP contribution in [0.3, 0.4) is 0 Å². The Morgan fingerprint density at radius 3 is 2.67 bits per heavy atom. The van der Waals surface area contributed by atoms with E-state index < -0.39 is 0 Å². The molecule has 0 bridgehead atoms. The second-order valence-electron chi connectivity index (χ2n) is 2.02. The number of amidine groups is 1. The summed E-state index contributed by atoms with van der Waals surface area (Å²) in [5.41, 5.74) is 0. The fourth-order valence-corrected chi connectivity index (χ4v) is 1.86. The Balaban J connectivity index is 2.39. The summed E-state index contributed by atoms with van der Waals surface area (Å²) in [4.78, 5) is 4.83.